The Bertz CT molecular complexity index is 1120. The summed E-state index contributed by atoms with van der Waals surface area (Å²) in [4.78, 5) is 43.9. The molecule has 0 N–H and O–H groups in total. The summed E-state index contributed by atoms with van der Waals surface area (Å²) in [6, 6.07) is 13.3. The second-order valence-electron chi connectivity index (χ2n) is 8.36. The number of halogens is 1. The number of hydrogen-bond donors (Lipinski definition) is 0. The van der Waals surface area contributed by atoms with Crippen LogP contribution in [0.25, 0.3) is 6.08 Å². The molecule has 2 amide bonds. The van der Waals surface area contributed by atoms with Gasteiger partial charge in [-0.2, -0.15) is 0 Å². The maximum atomic E-state index is 13.7. The Hall–Kier alpha value is -2.96. The minimum absolute atomic E-state index is 0.154. The Balaban J connectivity index is 1.59. The highest BCUT2D eigenvalue weighted by molar-refractivity contribution is 6.30. The van der Waals surface area contributed by atoms with Gasteiger partial charge in [0.1, 0.15) is 6.04 Å². The molecule has 0 aliphatic carbocycles. The van der Waals surface area contributed by atoms with Crippen molar-refractivity contribution in [2.75, 3.05) is 25.2 Å². The number of benzene rings is 2. The number of imide groups is 1. The van der Waals surface area contributed by atoms with Gasteiger partial charge >= 0.3 is 0 Å². The van der Waals surface area contributed by atoms with Gasteiger partial charge < -0.3 is 9.64 Å². The summed E-state index contributed by atoms with van der Waals surface area (Å²) in [5.74, 6) is -1.96. The van der Waals surface area contributed by atoms with E-state index in [2.05, 4.69) is 0 Å². The van der Waals surface area contributed by atoms with Crippen LogP contribution in [0.3, 0.4) is 0 Å². The third-order valence-corrected chi connectivity index (χ3v) is 6.85. The number of rotatable bonds is 6. The number of ketones is 1. The Morgan fingerprint density at radius 3 is 2.56 bits per heavy atom. The van der Waals surface area contributed by atoms with E-state index in [9.17, 15) is 14.4 Å². The van der Waals surface area contributed by atoms with E-state index in [1.807, 2.05) is 35.3 Å². The van der Waals surface area contributed by atoms with Gasteiger partial charge in [0.15, 0.2) is 5.78 Å². The Kier molecular flexibility index (Phi) is 5.35. The van der Waals surface area contributed by atoms with Gasteiger partial charge in [-0.15, -0.1) is 0 Å². The van der Waals surface area contributed by atoms with E-state index in [1.54, 1.807) is 37.4 Å². The lowest BCUT2D eigenvalue weighted by molar-refractivity contribution is -0.140. The topological polar surface area (TPSA) is 66.9 Å². The smallest absolute Gasteiger partial charge is 0.235 e. The fourth-order valence-electron chi connectivity index (χ4n) is 5.27. The van der Waals surface area contributed by atoms with Crippen LogP contribution in [0.5, 0.6) is 0 Å². The number of carbonyl (C=O) groups excluding carboxylic acids is 3. The molecule has 0 unspecified atom stereocenters. The Morgan fingerprint density at radius 1 is 1.06 bits per heavy atom. The Labute approximate surface area is 191 Å². The van der Waals surface area contributed by atoms with Crippen LogP contribution >= 0.6 is 11.6 Å². The third-order valence-electron chi connectivity index (χ3n) is 6.62. The molecule has 0 radical (unpaired) electrons. The first kappa shape index (κ1) is 20.9. The first-order valence-corrected chi connectivity index (χ1v) is 11.1. The molecule has 6 nitrogen and oxygen atoms in total. The van der Waals surface area contributed by atoms with Crippen LogP contribution in [0.4, 0.5) is 5.69 Å². The molecule has 7 heteroatoms. The van der Waals surface area contributed by atoms with Gasteiger partial charge in [0.2, 0.25) is 11.8 Å². The first-order valence-electron chi connectivity index (χ1n) is 10.7. The van der Waals surface area contributed by atoms with E-state index < -0.39 is 17.9 Å². The lowest BCUT2D eigenvalue weighted by Gasteiger charge is -2.36. The number of carbonyl (C=O) groups is 3. The number of ether oxygens (including phenoxy) is 1. The molecule has 3 aliphatic heterocycles. The van der Waals surface area contributed by atoms with E-state index in [1.165, 1.54) is 4.90 Å². The number of hydrogen-bond acceptors (Lipinski definition) is 5. The predicted octanol–water partition coefficient (Wildman–Crippen LogP) is 3.44. The summed E-state index contributed by atoms with van der Waals surface area (Å²) in [5, 5.41) is 0.591. The van der Waals surface area contributed by atoms with E-state index in [-0.39, 0.29) is 23.6 Å². The van der Waals surface area contributed by atoms with Gasteiger partial charge in [-0.25, -0.2) is 0 Å². The lowest BCUT2D eigenvalue weighted by atomic mass is 9.86. The van der Waals surface area contributed by atoms with E-state index >= 15 is 0 Å². The van der Waals surface area contributed by atoms with Crippen molar-refractivity contribution in [2.45, 2.75) is 18.5 Å². The molecule has 0 saturated carbocycles. The van der Waals surface area contributed by atoms with Crippen LogP contribution in [0.15, 0.2) is 54.6 Å². The molecule has 2 aromatic carbocycles. The summed E-state index contributed by atoms with van der Waals surface area (Å²) in [5.41, 5.74) is 2.22. The fourth-order valence-corrected chi connectivity index (χ4v) is 5.45. The average molecular weight is 451 g/mol. The molecule has 3 aliphatic rings. The van der Waals surface area contributed by atoms with Crippen molar-refractivity contribution in [3.63, 3.8) is 0 Å². The Morgan fingerprint density at radius 2 is 1.81 bits per heavy atom. The third kappa shape index (κ3) is 3.17. The molecule has 3 heterocycles. The molecule has 0 bridgehead atoms. The quantitative estimate of drug-likeness (QED) is 0.383. The molecule has 164 valence electrons. The first-order chi connectivity index (χ1) is 15.5. The summed E-state index contributed by atoms with van der Waals surface area (Å²) < 4.78 is 5.08. The summed E-state index contributed by atoms with van der Waals surface area (Å²) >= 11 is 6.19. The van der Waals surface area contributed by atoms with Crippen LogP contribution in [-0.2, 0) is 14.3 Å². The monoisotopic (exact) mass is 450 g/mol. The summed E-state index contributed by atoms with van der Waals surface area (Å²) in [7, 11) is 1.59. The minimum atomic E-state index is -0.763. The zero-order valence-corrected chi connectivity index (χ0v) is 18.4. The zero-order chi connectivity index (χ0) is 22.4. The minimum Gasteiger partial charge on any atom is -0.385 e. The van der Waals surface area contributed by atoms with Gasteiger partial charge in [0.25, 0.3) is 0 Å². The van der Waals surface area contributed by atoms with Crippen LogP contribution in [0.1, 0.15) is 22.3 Å². The SMILES string of the molecule is COCCCN1C(=O)[C@@H]2[C@H](C1=O)[C@H]1C=Cc3cc(Cl)ccc3N1[C@@H]2C(=O)c1ccccc1. The average Bonchev–Trinajstić information content (AvgIpc) is 3.27. The second kappa shape index (κ2) is 8.19. The molecular weight excluding hydrogens is 428 g/mol. The van der Waals surface area contributed by atoms with Gasteiger partial charge in [-0.3, -0.25) is 19.3 Å². The van der Waals surface area contributed by atoms with Crippen LogP contribution < -0.4 is 4.90 Å². The van der Waals surface area contributed by atoms with Crippen molar-refractivity contribution >= 4 is 41.0 Å². The zero-order valence-electron chi connectivity index (χ0n) is 17.6. The number of methoxy groups -OCH3 is 1. The molecule has 0 aromatic heterocycles. The molecule has 2 aromatic rings. The van der Waals surface area contributed by atoms with Gasteiger partial charge in [-0.1, -0.05) is 54.1 Å². The molecule has 4 atom stereocenters. The van der Waals surface area contributed by atoms with Crippen molar-refractivity contribution < 1.29 is 19.1 Å². The van der Waals surface area contributed by atoms with Crippen molar-refractivity contribution in [2.24, 2.45) is 11.8 Å². The molecule has 5 rings (SSSR count). The highest BCUT2D eigenvalue weighted by Gasteiger charge is 2.63. The molecule has 32 heavy (non-hydrogen) atoms. The summed E-state index contributed by atoms with van der Waals surface area (Å²) in [6.45, 7) is 0.760. The van der Waals surface area contributed by atoms with E-state index in [0.29, 0.717) is 30.2 Å². The van der Waals surface area contributed by atoms with Crippen molar-refractivity contribution in [1.29, 1.82) is 0 Å². The molecule has 2 saturated heterocycles. The van der Waals surface area contributed by atoms with E-state index in [0.717, 1.165) is 11.3 Å². The van der Waals surface area contributed by atoms with Gasteiger partial charge in [0, 0.05) is 36.5 Å². The number of fused-ring (bicyclic) bond motifs is 5. The maximum Gasteiger partial charge on any atom is 0.235 e. The highest BCUT2D eigenvalue weighted by Crippen LogP contribution is 2.49. The van der Waals surface area contributed by atoms with Crippen LogP contribution in [-0.4, -0.2) is 54.8 Å². The number of amides is 2. The van der Waals surface area contributed by atoms with Crippen molar-refractivity contribution in [1.82, 2.24) is 4.90 Å². The highest BCUT2D eigenvalue weighted by atomic mass is 35.5. The number of Topliss-reactive ketones (excluding diaryl/α,β-unsaturated/α-hetero) is 1. The number of nitrogens with zero attached hydrogens (tertiary/aromatic N) is 2. The van der Waals surface area contributed by atoms with Crippen molar-refractivity contribution in [3.8, 4) is 0 Å². The van der Waals surface area contributed by atoms with Crippen LogP contribution in [0, 0.1) is 11.8 Å². The van der Waals surface area contributed by atoms with Crippen LogP contribution in [0.2, 0.25) is 5.02 Å². The molecule has 2 fully saturated rings. The predicted molar refractivity (Wildman–Crippen MR) is 122 cm³/mol. The largest absolute Gasteiger partial charge is 0.385 e. The fraction of sp³-hybridized carbons (Fsp3) is 0.320. The normalized spacial score (nSPS) is 25.7. The van der Waals surface area contributed by atoms with Crippen molar-refractivity contribution in [3.05, 3.63) is 70.8 Å². The second-order valence-corrected chi connectivity index (χ2v) is 8.80. The van der Waals surface area contributed by atoms with Gasteiger partial charge in [0.05, 0.1) is 17.9 Å². The maximum absolute atomic E-state index is 13.7. The van der Waals surface area contributed by atoms with E-state index in [4.69, 9.17) is 16.3 Å². The van der Waals surface area contributed by atoms with Gasteiger partial charge in [-0.05, 0) is 30.2 Å². The lowest BCUT2D eigenvalue weighted by Crippen LogP contribution is -2.48. The summed E-state index contributed by atoms with van der Waals surface area (Å²) in [6.07, 6.45) is 4.43. The molecule has 0 spiro atoms. The number of anilines is 1. The number of likely N-dealkylation sites (tertiary alicyclic amines) is 1. The molecular formula is C25H23ClN2O4. The standard InChI is InChI=1S/C25H23ClN2O4/c1-32-13-5-12-27-24(30)20-19-10-8-16-14-17(26)9-11-18(16)28(19)22(21(20)25(27)31)23(29)15-6-3-2-4-7-15/h2-4,6-11,14,19-22H,5,12-13H2,1H3/t19-,20-,21-,22+/m1/s1.